The Morgan fingerprint density at radius 3 is 2.52 bits per heavy atom. The standard InChI is InChI=1S/C16H12ClNO2S/c1-18-14-8-12(6-7-13(14)15(19)16(18)20)21-9-10-2-4-11(17)5-3-10/h2-8H,9H2,1H3. The molecule has 0 spiro atoms. The van der Waals surface area contributed by atoms with Crippen molar-refractivity contribution in [2.75, 3.05) is 11.9 Å². The summed E-state index contributed by atoms with van der Waals surface area (Å²) in [6, 6.07) is 13.2. The highest BCUT2D eigenvalue weighted by Crippen LogP contribution is 2.33. The number of hydrogen-bond acceptors (Lipinski definition) is 3. The molecule has 5 heteroatoms. The average Bonchev–Trinajstić information content (AvgIpc) is 2.71. The Balaban J connectivity index is 1.78. The van der Waals surface area contributed by atoms with E-state index in [0.717, 1.165) is 15.7 Å². The number of hydrogen-bond donors (Lipinski definition) is 0. The van der Waals surface area contributed by atoms with Crippen molar-refractivity contribution < 1.29 is 9.59 Å². The minimum Gasteiger partial charge on any atom is -0.308 e. The fraction of sp³-hybridized carbons (Fsp3) is 0.125. The molecule has 0 bridgehead atoms. The monoisotopic (exact) mass is 317 g/mol. The van der Waals surface area contributed by atoms with Crippen molar-refractivity contribution in [2.24, 2.45) is 0 Å². The van der Waals surface area contributed by atoms with E-state index in [1.54, 1.807) is 24.9 Å². The fourth-order valence-corrected chi connectivity index (χ4v) is 3.21. The van der Waals surface area contributed by atoms with Crippen LogP contribution in [0.15, 0.2) is 47.4 Å². The predicted molar refractivity (Wildman–Crippen MR) is 85.2 cm³/mol. The molecule has 2 aromatic rings. The van der Waals surface area contributed by atoms with Crippen LogP contribution in [0, 0.1) is 0 Å². The van der Waals surface area contributed by atoms with Crippen LogP contribution in [0.4, 0.5) is 5.69 Å². The van der Waals surface area contributed by atoms with E-state index >= 15 is 0 Å². The summed E-state index contributed by atoms with van der Waals surface area (Å²) in [7, 11) is 1.62. The van der Waals surface area contributed by atoms with Gasteiger partial charge in [0.25, 0.3) is 11.7 Å². The maximum atomic E-state index is 11.7. The summed E-state index contributed by atoms with van der Waals surface area (Å²) in [6.07, 6.45) is 0. The van der Waals surface area contributed by atoms with Crippen LogP contribution in [0.5, 0.6) is 0 Å². The first-order valence-electron chi connectivity index (χ1n) is 6.40. The number of benzene rings is 2. The highest BCUT2D eigenvalue weighted by Gasteiger charge is 2.33. The molecular formula is C16H12ClNO2S. The smallest absolute Gasteiger partial charge is 0.299 e. The lowest BCUT2D eigenvalue weighted by atomic mass is 10.1. The zero-order valence-corrected chi connectivity index (χ0v) is 12.9. The molecule has 0 atom stereocenters. The number of rotatable bonds is 3. The fourth-order valence-electron chi connectivity index (χ4n) is 2.19. The van der Waals surface area contributed by atoms with Crippen molar-refractivity contribution in [3.05, 3.63) is 58.6 Å². The normalized spacial score (nSPS) is 13.7. The Kier molecular flexibility index (Phi) is 3.74. The van der Waals surface area contributed by atoms with E-state index in [2.05, 4.69) is 0 Å². The van der Waals surface area contributed by atoms with Gasteiger partial charge in [-0.2, -0.15) is 0 Å². The number of thioether (sulfide) groups is 1. The summed E-state index contributed by atoms with van der Waals surface area (Å²) in [5.74, 6) is -0.0896. The minimum absolute atomic E-state index is 0.429. The first kappa shape index (κ1) is 14.2. The van der Waals surface area contributed by atoms with E-state index < -0.39 is 11.7 Å². The van der Waals surface area contributed by atoms with E-state index in [4.69, 9.17) is 11.6 Å². The lowest BCUT2D eigenvalue weighted by Gasteiger charge is -2.10. The average molecular weight is 318 g/mol. The first-order chi connectivity index (χ1) is 10.1. The molecule has 1 heterocycles. The number of likely N-dealkylation sites (N-methyl/N-ethyl adjacent to an activating group) is 1. The van der Waals surface area contributed by atoms with E-state index in [0.29, 0.717) is 11.3 Å². The molecule has 2 aromatic carbocycles. The molecule has 0 aliphatic carbocycles. The molecule has 21 heavy (non-hydrogen) atoms. The summed E-state index contributed by atoms with van der Waals surface area (Å²) in [6.45, 7) is 0. The van der Waals surface area contributed by atoms with Gasteiger partial charge in [0.1, 0.15) is 0 Å². The number of halogens is 1. The number of carbonyl (C=O) groups is 2. The van der Waals surface area contributed by atoms with Gasteiger partial charge in [-0.05, 0) is 35.9 Å². The lowest BCUT2D eigenvalue weighted by molar-refractivity contribution is -0.114. The van der Waals surface area contributed by atoms with Gasteiger partial charge in [-0.1, -0.05) is 23.7 Å². The summed E-state index contributed by atoms with van der Waals surface area (Å²) in [5.41, 5.74) is 2.34. The Hall–Kier alpha value is -1.78. The van der Waals surface area contributed by atoms with Gasteiger partial charge in [0, 0.05) is 22.7 Å². The van der Waals surface area contributed by atoms with Crippen molar-refractivity contribution in [1.29, 1.82) is 0 Å². The lowest BCUT2D eigenvalue weighted by Crippen LogP contribution is -2.24. The van der Waals surface area contributed by atoms with Gasteiger partial charge < -0.3 is 4.90 Å². The maximum absolute atomic E-state index is 11.7. The molecular weight excluding hydrogens is 306 g/mol. The molecule has 0 aromatic heterocycles. The molecule has 0 unspecified atom stereocenters. The van der Waals surface area contributed by atoms with Gasteiger partial charge in [-0.25, -0.2) is 0 Å². The van der Waals surface area contributed by atoms with Crippen LogP contribution in [0.25, 0.3) is 0 Å². The van der Waals surface area contributed by atoms with Crippen LogP contribution in [0.3, 0.4) is 0 Å². The number of Topliss-reactive ketones (excluding diaryl/α,β-unsaturated/α-hetero) is 1. The molecule has 1 aliphatic rings. The van der Waals surface area contributed by atoms with Gasteiger partial charge in [0.15, 0.2) is 0 Å². The Labute approximate surface area is 131 Å². The highest BCUT2D eigenvalue weighted by atomic mass is 35.5. The molecule has 0 fully saturated rings. The molecule has 106 valence electrons. The number of nitrogens with zero attached hydrogens (tertiary/aromatic N) is 1. The van der Waals surface area contributed by atoms with Crippen LogP contribution < -0.4 is 4.90 Å². The molecule has 1 aliphatic heterocycles. The zero-order valence-electron chi connectivity index (χ0n) is 11.3. The maximum Gasteiger partial charge on any atom is 0.299 e. The van der Waals surface area contributed by atoms with Gasteiger partial charge in [-0.15, -0.1) is 11.8 Å². The summed E-state index contributed by atoms with van der Waals surface area (Å²) in [5, 5.41) is 0.722. The number of amides is 1. The SMILES string of the molecule is CN1C(=O)C(=O)c2ccc(SCc3ccc(Cl)cc3)cc21. The van der Waals surface area contributed by atoms with Gasteiger partial charge >= 0.3 is 0 Å². The van der Waals surface area contributed by atoms with Crippen LogP contribution in [-0.4, -0.2) is 18.7 Å². The molecule has 3 nitrogen and oxygen atoms in total. The molecule has 0 radical (unpaired) electrons. The van der Waals surface area contributed by atoms with Gasteiger partial charge in [-0.3, -0.25) is 9.59 Å². The van der Waals surface area contributed by atoms with Crippen molar-refractivity contribution >= 4 is 40.7 Å². The zero-order chi connectivity index (χ0) is 15.0. The summed E-state index contributed by atoms with van der Waals surface area (Å²) < 4.78 is 0. The van der Waals surface area contributed by atoms with Gasteiger partial charge in [0.05, 0.1) is 11.3 Å². The number of carbonyl (C=O) groups excluding carboxylic acids is 2. The topological polar surface area (TPSA) is 37.4 Å². The van der Waals surface area contributed by atoms with Crippen LogP contribution in [-0.2, 0) is 10.5 Å². The molecule has 3 rings (SSSR count). The molecule has 0 saturated carbocycles. The first-order valence-corrected chi connectivity index (χ1v) is 7.76. The third-order valence-corrected chi connectivity index (χ3v) is 4.71. The molecule has 0 N–H and O–H groups in total. The van der Waals surface area contributed by atoms with Gasteiger partial charge in [0.2, 0.25) is 0 Å². The summed E-state index contributed by atoms with van der Waals surface area (Å²) >= 11 is 7.52. The Bertz CT molecular complexity index is 728. The van der Waals surface area contributed by atoms with Crippen LogP contribution in [0.1, 0.15) is 15.9 Å². The Morgan fingerprint density at radius 1 is 1.10 bits per heavy atom. The summed E-state index contributed by atoms with van der Waals surface area (Å²) in [4.78, 5) is 25.8. The van der Waals surface area contributed by atoms with E-state index in [-0.39, 0.29) is 0 Å². The number of fused-ring (bicyclic) bond motifs is 1. The second kappa shape index (κ2) is 5.54. The van der Waals surface area contributed by atoms with Crippen molar-refractivity contribution in [3.63, 3.8) is 0 Å². The number of ketones is 1. The van der Waals surface area contributed by atoms with Crippen LogP contribution in [0.2, 0.25) is 5.02 Å². The highest BCUT2D eigenvalue weighted by molar-refractivity contribution is 7.98. The molecule has 0 saturated heterocycles. The minimum atomic E-state index is -0.468. The van der Waals surface area contributed by atoms with E-state index in [1.165, 1.54) is 10.5 Å². The molecule has 1 amide bonds. The third-order valence-electron chi connectivity index (χ3n) is 3.39. The van der Waals surface area contributed by atoms with E-state index in [1.807, 2.05) is 36.4 Å². The second-order valence-electron chi connectivity index (χ2n) is 4.79. The van der Waals surface area contributed by atoms with Crippen molar-refractivity contribution in [3.8, 4) is 0 Å². The quantitative estimate of drug-likeness (QED) is 0.638. The Morgan fingerprint density at radius 2 is 1.81 bits per heavy atom. The van der Waals surface area contributed by atoms with Crippen LogP contribution >= 0.6 is 23.4 Å². The largest absolute Gasteiger partial charge is 0.308 e. The van der Waals surface area contributed by atoms with E-state index in [9.17, 15) is 9.59 Å². The second-order valence-corrected chi connectivity index (χ2v) is 6.27. The third kappa shape index (κ3) is 2.69. The predicted octanol–water partition coefficient (Wildman–Crippen LogP) is 3.79. The van der Waals surface area contributed by atoms with Crippen molar-refractivity contribution in [2.45, 2.75) is 10.6 Å². The number of anilines is 1. The van der Waals surface area contributed by atoms with Crippen molar-refractivity contribution in [1.82, 2.24) is 0 Å².